The van der Waals surface area contributed by atoms with E-state index < -0.39 is 0 Å². The van der Waals surface area contributed by atoms with Crippen molar-refractivity contribution < 1.29 is 4.74 Å². The van der Waals surface area contributed by atoms with E-state index in [-0.39, 0.29) is 5.41 Å². The van der Waals surface area contributed by atoms with Crippen LogP contribution in [-0.4, -0.2) is 13.7 Å². The molecule has 1 saturated carbocycles. The summed E-state index contributed by atoms with van der Waals surface area (Å²) in [5, 5.41) is 0. The summed E-state index contributed by atoms with van der Waals surface area (Å²) in [6.45, 7) is 2.91. The van der Waals surface area contributed by atoms with E-state index in [1.165, 1.54) is 30.4 Å². The fourth-order valence-electron chi connectivity index (χ4n) is 2.58. The lowest BCUT2D eigenvalue weighted by molar-refractivity contribution is 0.243. The summed E-state index contributed by atoms with van der Waals surface area (Å²) in [6, 6.07) is 6.51. The van der Waals surface area contributed by atoms with Crippen molar-refractivity contribution in [2.75, 3.05) is 13.7 Å². The summed E-state index contributed by atoms with van der Waals surface area (Å²) in [6.07, 6.45) is 4.76. The van der Waals surface area contributed by atoms with E-state index in [0.717, 1.165) is 18.7 Å². The van der Waals surface area contributed by atoms with Crippen LogP contribution in [0.25, 0.3) is 0 Å². The molecule has 0 aromatic heterocycles. The Hall–Kier alpha value is -1.02. The van der Waals surface area contributed by atoms with E-state index in [1.807, 2.05) is 0 Å². The van der Waals surface area contributed by atoms with Gasteiger partial charge in [0, 0.05) is 17.5 Å². The minimum Gasteiger partial charge on any atom is -0.496 e. The van der Waals surface area contributed by atoms with Gasteiger partial charge in [0.1, 0.15) is 5.75 Å². The summed E-state index contributed by atoms with van der Waals surface area (Å²) in [7, 11) is 1.74. The monoisotopic (exact) mass is 219 g/mol. The average molecular weight is 219 g/mol. The smallest absolute Gasteiger partial charge is 0.122 e. The zero-order chi connectivity index (χ0) is 11.6. The molecule has 0 bridgehead atoms. The normalized spacial score (nSPS) is 17.9. The molecular formula is C14H21NO. The van der Waals surface area contributed by atoms with Crippen molar-refractivity contribution in [3.05, 3.63) is 29.3 Å². The number of ether oxygens (including phenoxy) is 1. The van der Waals surface area contributed by atoms with Gasteiger partial charge in [-0.05, 0) is 30.9 Å². The summed E-state index contributed by atoms with van der Waals surface area (Å²) >= 11 is 0. The summed E-state index contributed by atoms with van der Waals surface area (Å²) in [4.78, 5) is 0. The second-order valence-electron chi connectivity index (χ2n) is 4.73. The maximum absolute atomic E-state index is 5.96. The van der Waals surface area contributed by atoms with Crippen molar-refractivity contribution in [3.8, 4) is 5.75 Å². The van der Waals surface area contributed by atoms with Crippen LogP contribution in [0.1, 0.15) is 37.3 Å². The van der Waals surface area contributed by atoms with Crippen molar-refractivity contribution in [3.63, 3.8) is 0 Å². The molecule has 2 rings (SSSR count). The van der Waals surface area contributed by atoms with Crippen molar-refractivity contribution in [2.45, 2.75) is 38.0 Å². The van der Waals surface area contributed by atoms with Crippen LogP contribution in [0.3, 0.4) is 0 Å². The summed E-state index contributed by atoms with van der Waals surface area (Å²) in [5.41, 5.74) is 8.84. The van der Waals surface area contributed by atoms with E-state index in [1.54, 1.807) is 7.11 Å². The van der Waals surface area contributed by atoms with Crippen LogP contribution in [-0.2, 0) is 11.8 Å². The van der Waals surface area contributed by atoms with Gasteiger partial charge in [0.15, 0.2) is 0 Å². The molecule has 2 nitrogen and oxygen atoms in total. The molecule has 1 aromatic rings. The van der Waals surface area contributed by atoms with Crippen LogP contribution in [0.2, 0.25) is 0 Å². The first-order valence-electron chi connectivity index (χ1n) is 6.13. The highest BCUT2D eigenvalue weighted by Gasteiger charge is 2.39. The van der Waals surface area contributed by atoms with Crippen LogP contribution in [0.15, 0.2) is 18.2 Å². The van der Waals surface area contributed by atoms with Gasteiger partial charge in [-0.1, -0.05) is 25.5 Å². The quantitative estimate of drug-likeness (QED) is 0.845. The fourth-order valence-corrected chi connectivity index (χ4v) is 2.58. The molecule has 0 saturated heterocycles. The minimum atomic E-state index is 0.191. The SMILES string of the molecule is CCc1ccc(OC)c(C2(CN)CCC2)c1. The summed E-state index contributed by atoms with van der Waals surface area (Å²) in [5.74, 6) is 1.00. The van der Waals surface area contributed by atoms with Gasteiger partial charge in [-0.15, -0.1) is 0 Å². The molecular weight excluding hydrogens is 198 g/mol. The number of rotatable bonds is 4. The second-order valence-corrected chi connectivity index (χ2v) is 4.73. The molecule has 0 unspecified atom stereocenters. The van der Waals surface area contributed by atoms with Gasteiger partial charge in [-0.2, -0.15) is 0 Å². The van der Waals surface area contributed by atoms with Gasteiger partial charge in [0.05, 0.1) is 7.11 Å². The zero-order valence-corrected chi connectivity index (χ0v) is 10.3. The Labute approximate surface area is 97.8 Å². The molecule has 0 heterocycles. The highest BCUT2D eigenvalue weighted by atomic mass is 16.5. The third-order valence-corrected chi connectivity index (χ3v) is 3.94. The number of hydrogen-bond donors (Lipinski definition) is 1. The molecule has 1 fully saturated rings. The first-order valence-corrected chi connectivity index (χ1v) is 6.13. The molecule has 1 aromatic carbocycles. The number of aryl methyl sites for hydroxylation is 1. The van der Waals surface area contributed by atoms with Gasteiger partial charge in [-0.25, -0.2) is 0 Å². The molecule has 1 aliphatic carbocycles. The first kappa shape index (κ1) is 11.5. The molecule has 16 heavy (non-hydrogen) atoms. The van der Waals surface area contributed by atoms with Crippen LogP contribution >= 0.6 is 0 Å². The maximum atomic E-state index is 5.96. The topological polar surface area (TPSA) is 35.2 Å². The standard InChI is InChI=1S/C14H21NO/c1-3-11-5-6-13(16-2)12(9-11)14(10-15)7-4-8-14/h5-6,9H,3-4,7-8,10,15H2,1-2H3. The molecule has 0 aliphatic heterocycles. The first-order chi connectivity index (χ1) is 7.75. The van der Waals surface area contributed by atoms with Gasteiger partial charge in [0.25, 0.3) is 0 Å². The van der Waals surface area contributed by atoms with E-state index in [4.69, 9.17) is 10.5 Å². The van der Waals surface area contributed by atoms with Crippen molar-refractivity contribution in [2.24, 2.45) is 5.73 Å². The Balaban J connectivity index is 2.43. The maximum Gasteiger partial charge on any atom is 0.122 e. The Morgan fingerprint density at radius 2 is 2.12 bits per heavy atom. The molecule has 0 amide bonds. The van der Waals surface area contributed by atoms with E-state index in [0.29, 0.717) is 0 Å². The van der Waals surface area contributed by atoms with Crippen molar-refractivity contribution in [1.29, 1.82) is 0 Å². The third kappa shape index (κ3) is 1.71. The lowest BCUT2D eigenvalue weighted by Gasteiger charge is -2.42. The fraction of sp³-hybridized carbons (Fsp3) is 0.571. The van der Waals surface area contributed by atoms with Crippen molar-refractivity contribution >= 4 is 0 Å². The molecule has 0 radical (unpaired) electrons. The van der Waals surface area contributed by atoms with Crippen LogP contribution in [0, 0.1) is 0 Å². The predicted molar refractivity (Wildman–Crippen MR) is 67.0 cm³/mol. The van der Waals surface area contributed by atoms with Gasteiger partial charge < -0.3 is 10.5 Å². The number of benzene rings is 1. The molecule has 2 N–H and O–H groups in total. The number of methoxy groups -OCH3 is 1. The number of nitrogens with two attached hydrogens (primary N) is 1. The molecule has 0 atom stereocenters. The Bertz CT molecular complexity index is 363. The van der Waals surface area contributed by atoms with E-state index in [2.05, 4.69) is 25.1 Å². The Morgan fingerprint density at radius 1 is 1.38 bits per heavy atom. The summed E-state index contributed by atoms with van der Waals surface area (Å²) < 4.78 is 5.47. The lowest BCUT2D eigenvalue weighted by atomic mass is 9.64. The van der Waals surface area contributed by atoms with Crippen LogP contribution < -0.4 is 10.5 Å². The molecule has 2 heteroatoms. The van der Waals surface area contributed by atoms with Crippen LogP contribution in [0.5, 0.6) is 5.75 Å². The van der Waals surface area contributed by atoms with E-state index in [9.17, 15) is 0 Å². The molecule has 0 spiro atoms. The van der Waals surface area contributed by atoms with Gasteiger partial charge in [0.2, 0.25) is 0 Å². The Kier molecular flexibility index (Phi) is 3.20. The molecule has 1 aliphatic rings. The predicted octanol–water partition coefficient (Wildman–Crippen LogP) is 2.64. The van der Waals surface area contributed by atoms with Gasteiger partial charge >= 0.3 is 0 Å². The van der Waals surface area contributed by atoms with Crippen LogP contribution in [0.4, 0.5) is 0 Å². The average Bonchev–Trinajstić information content (AvgIpc) is 2.28. The highest BCUT2D eigenvalue weighted by molar-refractivity contribution is 5.44. The third-order valence-electron chi connectivity index (χ3n) is 3.94. The Morgan fingerprint density at radius 3 is 2.56 bits per heavy atom. The lowest BCUT2D eigenvalue weighted by Crippen LogP contribution is -2.41. The molecule has 88 valence electrons. The van der Waals surface area contributed by atoms with Crippen molar-refractivity contribution in [1.82, 2.24) is 0 Å². The van der Waals surface area contributed by atoms with E-state index >= 15 is 0 Å². The largest absolute Gasteiger partial charge is 0.496 e. The second kappa shape index (κ2) is 4.46. The zero-order valence-electron chi connectivity index (χ0n) is 10.3. The number of hydrogen-bond acceptors (Lipinski definition) is 2. The highest BCUT2D eigenvalue weighted by Crippen LogP contribution is 2.46. The minimum absolute atomic E-state index is 0.191. The van der Waals surface area contributed by atoms with Gasteiger partial charge in [-0.3, -0.25) is 0 Å².